The number of carbonyl (C=O) groups is 2. The van der Waals surface area contributed by atoms with Crippen LogP contribution in [0, 0.1) is 17.5 Å². The highest BCUT2D eigenvalue weighted by Crippen LogP contribution is 2.22. The van der Waals surface area contributed by atoms with Gasteiger partial charge in [-0.05, 0) is 12.1 Å². The van der Waals surface area contributed by atoms with Crippen molar-refractivity contribution in [3.05, 3.63) is 35.1 Å². The molecule has 5 nitrogen and oxygen atoms in total. The Bertz CT molecular complexity index is 556. The minimum absolute atomic E-state index is 0.0484. The molecule has 3 N–H and O–H groups in total. The van der Waals surface area contributed by atoms with Crippen LogP contribution in [-0.2, 0) is 4.79 Å². The summed E-state index contributed by atoms with van der Waals surface area (Å²) < 4.78 is 39.0. The first kappa shape index (κ1) is 14.3. The SMILES string of the molecule is NC(=O)C1CC(O)CN1C(=O)c1cc(F)c(F)c(F)c1. The maximum absolute atomic E-state index is 13.1. The number of aliphatic hydroxyl groups excluding tert-OH is 1. The van der Waals surface area contributed by atoms with Gasteiger partial charge in [-0.3, -0.25) is 9.59 Å². The zero-order valence-corrected chi connectivity index (χ0v) is 10.1. The molecule has 1 aliphatic rings. The van der Waals surface area contributed by atoms with E-state index < -0.39 is 47.0 Å². The highest BCUT2D eigenvalue weighted by Gasteiger charge is 2.38. The summed E-state index contributed by atoms with van der Waals surface area (Å²) in [5.74, 6) is -6.44. The molecule has 0 aromatic heterocycles. The lowest BCUT2D eigenvalue weighted by Crippen LogP contribution is -2.43. The summed E-state index contributed by atoms with van der Waals surface area (Å²) in [6.07, 6.45) is -1.00. The first-order chi connectivity index (χ1) is 9.31. The number of carbonyl (C=O) groups excluding carboxylic acids is 2. The Morgan fingerprint density at radius 3 is 2.30 bits per heavy atom. The van der Waals surface area contributed by atoms with E-state index in [0.29, 0.717) is 12.1 Å². The second-order valence-electron chi connectivity index (χ2n) is 4.52. The summed E-state index contributed by atoms with van der Waals surface area (Å²) in [5, 5.41) is 9.46. The van der Waals surface area contributed by atoms with Crippen LogP contribution in [0.15, 0.2) is 12.1 Å². The fourth-order valence-corrected chi connectivity index (χ4v) is 2.15. The first-order valence-corrected chi connectivity index (χ1v) is 5.74. The third-order valence-corrected chi connectivity index (χ3v) is 3.10. The lowest BCUT2D eigenvalue weighted by molar-refractivity contribution is -0.121. The van der Waals surface area contributed by atoms with Crippen LogP contribution in [0.3, 0.4) is 0 Å². The number of halogens is 3. The van der Waals surface area contributed by atoms with E-state index in [1.165, 1.54) is 0 Å². The van der Waals surface area contributed by atoms with Gasteiger partial charge in [0.15, 0.2) is 17.5 Å². The van der Waals surface area contributed by atoms with Gasteiger partial charge in [0, 0.05) is 18.5 Å². The van der Waals surface area contributed by atoms with Gasteiger partial charge in [0.05, 0.1) is 6.10 Å². The number of β-amino-alcohol motifs (C(OH)–C–C–N with tert-alkyl or cyclic N) is 1. The standard InChI is InChI=1S/C12H11F3N2O3/c13-7-1-5(2-8(14)10(7)15)12(20)17-4-6(18)3-9(17)11(16)19/h1-2,6,9,18H,3-4H2,(H2,16,19). The van der Waals surface area contributed by atoms with Crippen molar-refractivity contribution in [2.75, 3.05) is 6.54 Å². The molecule has 1 aliphatic heterocycles. The molecule has 2 amide bonds. The average Bonchev–Trinajstić information content (AvgIpc) is 2.76. The predicted molar refractivity (Wildman–Crippen MR) is 61.0 cm³/mol. The van der Waals surface area contributed by atoms with Crippen LogP contribution in [0.1, 0.15) is 16.8 Å². The molecule has 8 heteroatoms. The summed E-state index contributed by atoms with van der Waals surface area (Å²) in [6, 6.07) is 0.00109. The monoisotopic (exact) mass is 288 g/mol. The Morgan fingerprint density at radius 2 is 1.80 bits per heavy atom. The molecule has 108 valence electrons. The second kappa shape index (κ2) is 5.12. The van der Waals surface area contributed by atoms with Crippen LogP contribution < -0.4 is 5.73 Å². The number of rotatable bonds is 2. The van der Waals surface area contributed by atoms with Gasteiger partial charge in [-0.15, -0.1) is 0 Å². The Hall–Kier alpha value is -2.09. The van der Waals surface area contributed by atoms with E-state index >= 15 is 0 Å². The molecule has 1 aromatic rings. The van der Waals surface area contributed by atoms with Gasteiger partial charge in [-0.2, -0.15) is 0 Å². The summed E-state index contributed by atoms with van der Waals surface area (Å²) in [4.78, 5) is 24.2. The largest absolute Gasteiger partial charge is 0.391 e. The van der Waals surface area contributed by atoms with E-state index in [1.54, 1.807) is 0 Å². The zero-order chi connectivity index (χ0) is 15.0. The van der Waals surface area contributed by atoms with Gasteiger partial charge in [0.1, 0.15) is 6.04 Å². The number of aliphatic hydroxyl groups is 1. The smallest absolute Gasteiger partial charge is 0.254 e. The third kappa shape index (κ3) is 2.46. The second-order valence-corrected chi connectivity index (χ2v) is 4.52. The van der Waals surface area contributed by atoms with Crippen LogP contribution >= 0.6 is 0 Å². The Labute approximate surface area is 111 Å². The predicted octanol–water partition coefficient (Wildman–Crippen LogP) is 0.165. The van der Waals surface area contributed by atoms with Crippen molar-refractivity contribution in [3.8, 4) is 0 Å². The normalized spacial score (nSPS) is 22.1. The van der Waals surface area contributed by atoms with Crippen molar-refractivity contribution in [2.45, 2.75) is 18.6 Å². The van der Waals surface area contributed by atoms with Crippen molar-refractivity contribution in [3.63, 3.8) is 0 Å². The maximum Gasteiger partial charge on any atom is 0.254 e. The molecule has 1 fully saturated rings. The van der Waals surface area contributed by atoms with Crippen LogP contribution in [0.2, 0.25) is 0 Å². The van der Waals surface area contributed by atoms with E-state index in [1.807, 2.05) is 0 Å². The molecule has 0 saturated carbocycles. The quantitative estimate of drug-likeness (QED) is 0.761. The van der Waals surface area contributed by atoms with Crippen molar-refractivity contribution in [2.24, 2.45) is 5.73 Å². The average molecular weight is 288 g/mol. The Morgan fingerprint density at radius 1 is 1.25 bits per heavy atom. The number of amides is 2. The minimum atomic E-state index is -1.69. The van der Waals surface area contributed by atoms with E-state index in [4.69, 9.17) is 5.73 Å². The van der Waals surface area contributed by atoms with Gasteiger partial charge in [0.25, 0.3) is 5.91 Å². The van der Waals surface area contributed by atoms with Crippen molar-refractivity contribution >= 4 is 11.8 Å². The van der Waals surface area contributed by atoms with Gasteiger partial charge >= 0.3 is 0 Å². The third-order valence-electron chi connectivity index (χ3n) is 3.10. The van der Waals surface area contributed by atoms with Crippen molar-refractivity contribution in [1.29, 1.82) is 0 Å². The van der Waals surface area contributed by atoms with Gasteiger partial charge < -0.3 is 15.7 Å². The summed E-state index contributed by atoms with van der Waals surface area (Å²) in [5.41, 5.74) is 4.64. The number of benzene rings is 1. The molecule has 0 spiro atoms. The number of nitrogens with zero attached hydrogens (tertiary/aromatic N) is 1. The maximum atomic E-state index is 13.1. The van der Waals surface area contributed by atoms with Gasteiger partial charge in [0.2, 0.25) is 5.91 Å². The van der Waals surface area contributed by atoms with E-state index in [-0.39, 0.29) is 13.0 Å². The fraction of sp³-hybridized carbons (Fsp3) is 0.333. The molecule has 1 heterocycles. The number of likely N-dealkylation sites (tertiary alicyclic amines) is 1. The van der Waals surface area contributed by atoms with Crippen molar-refractivity contribution in [1.82, 2.24) is 4.90 Å². The molecule has 0 aliphatic carbocycles. The highest BCUT2D eigenvalue weighted by molar-refractivity contribution is 5.97. The first-order valence-electron chi connectivity index (χ1n) is 5.74. The summed E-state index contributed by atoms with van der Waals surface area (Å²) in [7, 11) is 0. The number of nitrogens with two attached hydrogens (primary N) is 1. The zero-order valence-electron chi connectivity index (χ0n) is 10.1. The van der Waals surface area contributed by atoms with Crippen molar-refractivity contribution < 1.29 is 27.9 Å². The molecule has 2 rings (SSSR count). The number of hydrogen-bond donors (Lipinski definition) is 2. The summed E-state index contributed by atoms with van der Waals surface area (Å²) in [6.45, 7) is -0.187. The van der Waals surface area contributed by atoms with Gasteiger partial charge in [-0.25, -0.2) is 13.2 Å². The molecule has 1 saturated heterocycles. The molecule has 2 unspecified atom stereocenters. The number of primary amides is 1. The van der Waals surface area contributed by atoms with Crippen LogP contribution in [0.4, 0.5) is 13.2 Å². The van der Waals surface area contributed by atoms with Gasteiger partial charge in [-0.1, -0.05) is 0 Å². The van der Waals surface area contributed by atoms with Crippen LogP contribution in [0.5, 0.6) is 0 Å². The fourth-order valence-electron chi connectivity index (χ4n) is 2.15. The Balaban J connectivity index is 2.33. The van der Waals surface area contributed by atoms with E-state index in [2.05, 4.69) is 0 Å². The van der Waals surface area contributed by atoms with Crippen LogP contribution in [-0.4, -0.2) is 40.5 Å². The molecule has 0 radical (unpaired) electrons. The number of hydrogen-bond acceptors (Lipinski definition) is 3. The molecule has 20 heavy (non-hydrogen) atoms. The van der Waals surface area contributed by atoms with E-state index in [9.17, 15) is 27.9 Å². The lowest BCUT2D eigenvalue weighted by atomic mass is 10.1. The molecular weight excluding hydrogens is 277 g/mol. The molecule has 0 bridgehead atoms. The summed E-state index contributed by atoms with van der Waals surface area (Å²) >= 11 is 0. The minimum Gasteiger partial charge on any atom is -0.391 e. The molecule has 2 atom stereocenters. The Kier molecular flexibility index (Phi) is 3.67. The van der Waals surface area contributed by atoms with Crippen LogP contribution in [0.25, 0.3) is 0 Å². The molecular formula is C12H11F3N2O3. The lowest BCUT2D eigenvalue weighted by Gasteiger charge is -2.22. The highest BCUT2D eigenvalue weighted by atomic mass is 19.2. The molecule has 1 aromatic carbocycles. The van der Waals surface area contributed by atoms with E-state index in [0.717, 1.165) is 4.90 Å². The topological polar surface area (TPSA) is 83.6 Å².